The van der Waals surface area contributed by atoms with Crippen LogP contribution in [0.4, 0.5) is 26.3 Å². The first-order valence-corrected chi connectivity index (χ1v) is 10.3. The van der Waals surface area contributed by atoms with Crippen LogP contribution in [0, 0.1) is 0 Å². The van der Waals surface area contributed by atoms with Gasteiger partial charge in [0.05, 0.1) is 12.2 Å². The van der Waals surface area contributed by atoms with Crippen molar-refractivity contribution in [2.45, 2.75) is 37.3 Å². The van der Waals surface area contributed by atoms with E-state index in [9.17, 15) is 31.1 Å². The number of halogens is 6. The Balaban J connectivity index is 0.000000404. The van der Waals surface area contributed by atoms with E-state index in [0.29, 0.717) is 11.7 Å². The minimum absolute atomic E-state index is 0.0451. The number of aromatic nitrogens is 3. The van der Waals surface area contributed by atoms with Crippen molar-refractivity contribution >= 4 is 17.8 Å². The van der Waals surface area contributed by atoms with Crippen molar-refractivity contribution in [1.82, 2.24) is 24.8 Å². The molecule has 204 valence electrons. The molecule has 3 heterocycles. The Labute approximate surface area is 206 Å². The van der Waals surface area contributed by atoms with Crippen molar-refractivity contribution in [3.05, 3.63) is 54.4 Å². The maximum absolute atomic E-state index is 12.8. The quantitative estimate of drug-likeness (QED) is 0.562. The van der Waals surface area contributed by atoms with Crippen LogP contribution in [-0.4, -0.2) is 97.9 Å². The van der Waals surface area contributed by atoms with Crippen molar-refractivity contribution in [3.8, 4) is 0 Å². The minimum Gasteiger partial charge on any atom is -0.475 e. The van der Waals surface area contributed by atoms with Crippen molar-refractivity contribution in [2.75, 3.05) is 20.6 Å². The van der Waals surface area contributed by atoms with Crippen LogP contribution >= 0.6 is 0 Å². The van der Waals surface area contributed by atoms with E-state index in [1.807, 2.05) is 17.2 Å². The van der Waals surface area contributed by atoms with Gasteiger partial charge in [-0.15, -0.1) is 0 Å². The molecule has 0 bridgehead atoms. The van der Waals surface area contributed by atoms with Gasteiger partial charge in [-0.2, -0.15) is 26.3 Å². The molecule has 2 aromatic rings. The van der Waals surface area contributed by atoms with Crippen LogP contribution in [0.5, 0.6) is 0 Å². The maximum atomic E-state index is 12.8. The van der Waals surface area contributed by atoms with Crippen LogP contribution in [0.1, 0.15) is 22.5 Å². The van der Waals surface area contributed by atoms with Gasteiger partial charge in [-0.3, -0.25) is 14.8 Å². The van der Waals surface area contributed by atoms with Gasteiger partial charge in [-0.05, 0) is 38.6 Å². The van der Waals surface area contributed by atoms with Crippen LogP contribution in [0.15, 0.2) is 43.1 Å². The summed E-state index contributed by atoms with van der Waals surface area (Å²) in [6.45, 7) is 0.739. The van der Waals surface area contributed by atoms with E-state index < -0.39 is 24.3 Å². The van der Waals surface area contributed by atoms with Crippen molar-refractivity contribution in [1.29, 1.82) is 0 Å². The van der Waals surface area contributed by atoms with E-state index in [4.69, 9.17) is 19.8 Å². The molecule has 10 nitrogen and oxygen atoms in total. The lowest BCUT2D eigenvalue weighted by molar-refractivity contribution is -0.193. The van der Waals surface area contributed by atoms with Gasteiger partial charge < -0.3 is 20.0 Å². The number of aliphatic carboxylic acids is 2. The molecule has 0 radical (unpaired) electrons. The Morgan fingerprint density at radius 2 is 1.51 bits per heavy atom. The van der Waals surface area contributed by atoms with E-state index in [2.05, 4.69) is 40.0 Å². The van der Waals surface area contributed by atoms with Crippen LogP contribution in [-0.2, 0) is 16.0 Å². The number of hydrogen-bond donors (Lipinski definition) is 2. The van der Waals surface area contributed by atoms with Crippen LogP contribution in [0.3, 0.4) is 0 Å². The summed E-state index contributed by atoms with van der Waals surface area (Å²) in [7, 11) is 4.13. The highest BCUT2D eigenvalue weighted by molar-refractivity contribution is 5.92. The van der Waals surface area contributed by atoms with Gasteiger partial charge in [-0.25, -0.2) is 14.6 Å². The number of alkyl halides is 6. The first-order chi connectivity index (χ1) is 17.1. The Hall–Kier alpha value is -3.82. The molecule has 3 rings (SSSR count). The fraction of sp³-hybridized carbons (Fsp3) is 0.429. The van der Waals surface area contributed by atoms with Crippen LogP contribution in [0.25, 0.3) is 0 Å². The van der Waals surface area contributed by atoms with Gasteiger partial charge in [-0.1, -0.05) is 6.07 Å². The molecule has 2 atom stereocenters. The predicted molar refractivity (Wildman–Crippen MR) is 114 cm³/mol. The normalized spacial score (nSPS) is 17.3. The van der Waals surface area contributed by atoms with E-state index in [-0.39, 0.29) is 11.9 Å². The number of pyridine rings is 1. The molecule has 2 aromatic heterocycles. The second kappa shape index (κ2) is 13.5. The number of carboxylic acids is 2. The monoisotopic (exact) mass is 539 g/mol. The molecule has 0 saturated carbocycles. The van der Waals surface area contributed by atoms with Gasteiger partial charge >= 0.3 is 24.3 Å². The lowest BCUT2D eigenvalue weighted by Gasteiger charge is -2.31. The van der Waals surface area contributed by atoms with E-state index in [1.54, 1.807) is 18.6 Å². The van der Waals surface area contributed by atoms with E-state index in [0.717, 1.165) is 24.9 Å². The number of rotatable bonds is 4. The summed E-state index contributed by atoms with van der Waals surface area (Å²) in [5.74, 6) is -5.56. The van der Waals surface area contributed by atoms with Crippen LogP contribution < -0.4 is 0 Å². The van der Waals surface area contributed by atoms with E-state index in [1.165, 1.54) is 6.20 Å². The van der Waals surface area contributed by atoms with Crippen molar-refractivity contribution in [3.63, 3.8) is 0 Å². The second-order valence-corrected chi connectivity index (χ2v) is 7.65. The van der Waals surface area contributed by atoms with Gasteiger partial charge in [0.25, 0.3) is 5.91 Å². The summed E-state index contributed by atoms with van der Waals surface area (Å²) in [4.78, 5) is 47.1. The molecule has 1 fully saturated rings. The zero-order chi connectivity index (χ0) is 28.4. The van der Waals surface area contributed by atoms with Crippen LogP contribution in [0.2, 0.25) is 0 Å². The standard InChI is InChI=1S/C17H21N5O.2C2HF3O2/c1-21(2)15-5-9-22(17(23)14-12-19-7-8-20-14)16(15)10-13-4-3-6-18-11-13;2*3-2(4,5)1(6)7/h3-4,6-8,11-12,15-16H,5,9-10H2,1-2H3;2*(H,6,7)/t15-,16+;;/m1../s1. The molecule has 1 aliphatic heterocycles. The van der Waals surface area contributed by atoms with E-state index >= 15 is 0 Å². The summed E-state index contributed by atoms with van der Waals surface area (Å²) >= 11 is 0. The molecule has 1 saturated heterocycles. The maximum Gasteiger partial charge on any atom is 0.490 e. The molecule has 0 aliphatic carbocycles. The Bertz CT molecular complexity index is 998. The Kier molecular flexibility index (Phi) is 11.4. The molecule has 0 unspecified atom stereocenters. The smallest absolute Gasteiger partial charge is 0.475 e. The number of amides is 1. The van der Waals surface area contributed by atoms with Crippen molar-refractivity contribution < 1.29 is 50.9 Å². The largest absolute Gasteiger partial charge is 0.490 e. The molecule has 2 N–H and O–H groups in total. The third-order valence-corrected chi connectivity index (χ3v) is 4.87. The first-order valence-electron chi connectivity index (χ1n) is 10.3. The van der Waals surface area contributed by atoms with Gasteiger partial charge in [0.15, 0.2) is 0 Å². The number of likely N-dealkylation sites (tertiary alicyclic amines) is 1. The zero-order valence-electron chi connectivity index (χ0n) is 19.4. The average molecular weight is 539 g/mol. The highest BCUT2D eigenvalue weighted by Crippen LogP contribution is 2.26. The molecule has 1 amide bonds. The third-order valence-electron chi connectivity index (χ3n) is 4.87. The first kappa shape index (κ1) is 31.2. The number of carbonyl (C=O) groups is 3. The highest BCUT2D eigenvalue weighted by Gasteiger charge is 2.40. The molecule has 1 aliphatic rings. The number of nitrogens with zero attached hydrogens (tertiary/aromatic N) is 5. The molecular weight excluding hydrogens is 516 g/mol. The predicted octanol–water partition coefficient (Wildman–Crippen LogP) is 2.53. The second-order valence-electron chi connectivity index (χ2n) is 7.65. The fourth-order valence-corrected chi connectivity index (χ4v) is 3.26. The lowest BCUT2D eigenvalue weighted by Crippen LogP contribution is -2.46. The Morgan fingerprint density at radius 3 is 1.92 bits per heavy atom. The summed E-state index contributed by atoms with van der Waals surface area (Å²) < 4.78 is 63.5. The lowest BCUT2D eigenvalue weighted by atomic mass is 10.0. The average Bonchev–Trinajstić information content (AvgIpc) is 3.23. The summed E-state index contributed by atoms with van der Waals surface area (Å²) in [5.41, 5.74) is 1.55. The van der Waals surface area contributed by atoms with Gasteiger partial charge in [0, 0.05) is 37.4 Å². The summed E-state index contributed by atoms with van der Waals surface area (Å²) in [5, 5.41) is 14.2. The molecular formula is C21H23F6N5O5. The Morgan fingerprint density at radius 1 is 0.973 bits per heavy atom. The molecule has 16 heteroatoms. The number of likely N-dealkylation sites (N-methyl/N-ethyl adjacent to an activating group) is 1. The van der Waals surface area contributed by atoms with Crippen molar-refractivity contribution in [2.24, 2.45) is 0 Å². The zero-order valence-corrected chi connectivity index (χ0v) is 19.4. The number of carbonyl (C=O) groups excluding carboxylic acids is 1. The minimum atomic E-state index is -5.08. The number of hydrogen-bond acceptors (Lipinski definition) is 7. The SMILES string of the molecule is CN(C)[C@@H]1CCN(C(=O)c2cnccn2)[C@H]1Cc1cccnc1.O=C(O)C(F)(F)F.O=C(O)C(F)(F)F. The molecule has 37 heavy (non-hydrogen) atoms. The van der Waals surface area contributed by atoms with Gasteiger partial charge in [0.1, 0.15) is 5.69 Å². The summed E-state index contributed by atoms with van der Waals surface area (Å²) in [6, 6.07) is 4.44. The summed E-state index contributed by atoms with van der Waals surface area (Å²) in [6.07, 6.45) is -0.0987. The number of carboxylic acid groups (broad SMARTS) is 2. The third kappa shape index (κ3) is 10.4. The highest BCUT2D eigenvalue weighted by atomic mass is 19.4. The topological polar surface area (TPSA) is 137 Å². The fourth-order valence-electron chi connectivity index (χ4n) is 3.26. The van der Waals surface area contributed by atoms with Gasteiger partial charge in [0.2, 0.25) is 0 Å². The molecule has 0 aromatic carbocycles. The molecule has 0 spiro atoms.